The summed E-state index contributed by atoms with van der Waals surface area (Å²) in [7, 11) is 0. The maximum atomic E-state index is 11.1. The Balaban J connectivity index is 2.52. The van der Waals surface area contributed by atoms with Gasteiger partial charge in [-0.15, -0.1) is 0 Å². The lowest BCUT2D eigenvalue weighted by atomic mass is 10.3. The molecule has 0 bridgehead atoms. The molecule has 0 aliphatic carbocycles. The van der Waals surface area contributed by atoms with E-state index in [4.69, 9.17) is 0 Å². The van der Waals surface area contributed by atoms with Gasteiger partial charge in [0, 0.05) is 23.1 Å². The number of rotatable bonds is 6. The third kappa shape index (κ3) is 4.03. The van der Waals surface area contributed by atoms with Crippen molar-refractivity contribution in [1.82, 2.24) is 0 Å². The molecule has 0 saturated heterocycles. The van der Waals surface area contributed by atoms with Crippen LogP contribution in [0.2, 0.25) is 0 Å². The summed E-state index contributed by atoms with van der Waals surface area (Å²) >= 11 is 0.653. The predicted molar refractivity (Wildman–Crippen MR) is 83.6 cm³/mol. The Morgan fingerprint density at radius 1 is 0.640 bits per heavy atom. The van der Waals surface area contributed by atoms with Gasteiger partial charge < -0.3 is 0 Å². The Kier molecular flexibility index (Phi) is 4.88. The van der Waals surface area contributed by atoms with Crippen LogP contribution < -0.4 is 0 Å². The number of nitro benzene ring substituents is 4. The zero-order valence-electron chi connectivity index (χ0n) is 11.9. The lowest BCUT2D eigenvalue weighted by molar-refractivity contribution is -0.396. The molecular formula is C12H6N4O8S. The predicted octanol–water partition coefficient (Wildman–Crippen LogP) is 3.47. The molecule has 0 fully saturated rings. The quantitative estimate of drug-likeness (QED) is 0.547. The summed E-state index contributed by atoms with van der Waals surface area (Å²) < 4.78 is 0. The molecule has 2 aromatic carbocycles. The standard InChI is InChI=1S/C12H6N4O8S/c17-13(18)7-1-2-12(11(6-7)16(23)24)25-10-4-8(14(19)20)3-9(5-10)15(21)22/h1-6H. The van der Waals surface area contributed by atoms with E-state index < -0.39 is 42.4 Å². The molecule has 0 spiro atoms. The highest BCUT2D eigenvalue weighted by molar-refractivity contribution is 7.99. The molecule has 0 aliphatic heterocycles. The van der Waals surface area contributed by atoms with E-state index in [0.717, 1.165) is 36.4 Å². The van der Waals surface area contributed by atoms with Crippen molar-refractivity contribution in [2.24, 2.45) is 0 Å². The second-order valence-electron chi connectivity index (χ2n) is 4.47. The third-order valence-corrected chi connectivity index (χ3v) is 3.91. The van der Waals surface area contributed by atoms with Crippen molar-refractivity contribution in [3.63, 3.8) is 0 Å². The number of benzene rings is 2. The molecule has 0 aromatic heterocycles. The van der Waals surface area contributed by atoms with Crippen molar-refractivity contribution in [3.8, 4) is 0 Å². The van der Waals surface area contributed by atoms with Gasteiger partial charge in [0.05, 0.1) is 36.7 Å². The van der Waals surface area contributed by atoms with Crippen LogP contribution in [-0.2, 0) is 0 Å². The molecule has 0 heterocycles. The molecule has 0 unspecified atom stereocenters. The Morgan fingerprint density at radius 3 is 1.60 bits per heavy atom. The SMILES string of the molecule is O=[N+]([O-])c1cc(Sc2ccc([N+](=O)[O-])cc2[N+](=O)[O-])cc([N+](=O)[O-])c1. The lowest BCUT2D eigenvalue weighted by Crippen LogP contribution is -1.95. The highest BCUT2D eigenvalue weighted by Crippen LogP contribution is 2.39. The van der Waals surface area contributed by atoms with Crippen molar-refractivity contribution in [2.75, 3.05) is 0 Å². The highest BCUT2D eigenvalue weighted by atomic mass is 32.2. The van der Waals surface area contributed by atoms with Gasteiger partial charge in [-0.2, -0.15) is 0 Å². The number of hydrogen-bond acceptors (Lipinski definition) is 9. The van der Waals surface area contributed by atoms with E-state index in [2.05, 4.69) is 0 Å². The van der Waals surface area contributed by atoms with E-state index in [1.54, 1.807) is 0 Å². The highest BCUT2D eigenvalue weighted by Gasteiger charge is 2.22. The fourth-order valence-electron chi connectivity index (χ4n) is 1.81. The van der Waals surface area contributed by atoms with E-state index in [-0.39, 0.29) is 9.79 Å². The van der Waals surface area contributed by atoms with Crippen molar-refractivity contribution >= 4 is 34.5 Å². The molecule has 2 rings (SSSR count). The van der Waals surface area contributed by atoms with E-state index in [1.165, 1.54) is 0 Å². The van der Waals surface area contributed by atoms with Crippen molar-refractivity contribution in [3.05, 3.63) is 76.9 Å². The van der Waals surface area contributed by atoms with Crippen LogP contribution in [0.1, 0.15) is 0 Å². The van der Waals surface area contributed by atoms with Gasteiger partial charge in [0.1, 0.15) is 0 Å². The Morgan fingerprint density at radius 2 is 1.16 bits per heavy atom. The fraction of sp³-hybridized carbons (Fsp3) is 0. The number of nitrogens with zero attached hydrogens (tertiary/aromatic N) is 4. The largest absolute Gasteiger partial charge is 0.290 e. The van der Waals surface area contributed by atoms with Gasteiger partial charge >= 0.3 is 0 Å². The number of hydrogen-bond donors (Lipinski definition) is 0. The van der Waals surface area contributed by atoms with Gasteiger partial charge in [-0.1, -0.05) is 11.8 Å². The number of nitro groups is 4. The zero-order valence-corrected chi connectivity index (χ0v) is 12.7. The molecule has 0 atom stereocenters. The Labute approximate surface area is 141 Å². The Bertz CT molecular complexity index is 884. The minimum atomic E-state index is -0.846. The average molecular weight is 366 g/mol. The number of non-ortho nitro benzene ring substituents is 3. The van der Waals surface area contributed by atoms with E-state index in [1.807, 2.05) is 0 Å². The molecule has 13 heteroatoms. The summed E-state index contributed by atoms with van der Waals surface area (Å²) in [6.45, 7) is 0. The van der Waals surface area contributed by atoms with E-state index >= 15 is 0 Å². The first-order valence-corrected chi connectivity index (χ1v) is 7.05. The summed E-state index contributed by atoms with van der Waals surface area (Å²) in [5.41, 5.74) is -2.20. The summed E-state index contributed by atoms with van der Waals surface area (Å²) in [5, 5.41) is 43.5. The monoisotopic (exact) mass is 366 g/mol. The van der Waals surface area contributed by atoms with Gasteiger partial charge in [0.15, 0.2) is 0 Å². The first kappa shape index (κ1) is 17.7. The molecular weight excluding hydrogens is 360 g/mol. The average Bonchev–Trinajstić information content (AvgIpc) is 2.54. The summed E-state index contributed by atoms with van der Waals surface area (Å²) in [6, 6.07) is 5.67. The summed E-state index contributed by atoms with van der Waals surface area (Å²) in [4.78, 5) is 40.2. The maximum absolute atomic E-state index is 11.1. The minimum Gasteiger partial charge on any atom is -0.258 e. The second-order valence-corrected chi connectivity index (χ2v) is 5.58. The summed E-state index contributed by atoms with van der Waals surface area (Å²) in [6.07, 6.45) is 0. The van der Waals surface area contributed by atoms with Gasteiger partial charge in [-0.25, -0.2) is 0 Å². The van der Waals surface area contributed by atoms with E-state index in [0.29, 0.717) is 11.8 Å². The molecule has 25 heavy (non-hydrogen) atoms. The van der Waals surface area contributed by atoms with Crippen LogP contribution in [-0.4, -0.2) is 19.7 Å². The van der Waals surface area contributed by atoms with Crippen LogP contribution in [0.5, 0.6) is 0 Å². The molecule has 2 aromatic rings. The van der Waals surface area contributed by atoms with Gasteiger partial charge in [0.2, 0.25) is 0 Å². The summed E-state index contributed by atoms with van der Waals surface area (Å²) in [5.74, 6) is 0. The topological polar surface area (TPSA) is 173 Å². The minimum absolute atomic E-state index is 0.0119. The van der Waals surface area contributed by atoms with Crippen molar-refractivity contribution in [1.29, 1.82) is 0 Å². The second kappa shape index (κ2) is 6.88. The molecule has 12 nitrogen and oxygen atoms in total. The van der Waals surface area contributed by atoms with Crippen molar-refractivity contribution < 1.29 is 19.7 Å². The first-order chi connectivity index (χ1) is 11.7. The molecule has 0 N–H and O–H groups in total. The smallest absolute Gasteiger partial charge is 0.258 e. The van der Waals surface area contributed by atoms with E-state index in [9.17, 15) is 40.5 Å². The van der Waals surface area contributed by atoms with Crippen LogP contribution in [0.15, 0.2) is 46.2 Å². The molecule has 0 amide bonds. The van der Waals surface area contributed by atoms with Crippen molar-refractivity contribution in [2.45, 2.75) is 9.79 Å². The Hall–Kier alpha value is -3.61. The molecule has 0 saturated carbocycles. The van der Waals surface area contributed by atoms with Gasteiger partial charge in [-0.3, -0.25) is 40.5 Å². The maximum Gasteiger partial charge on any atom is 0.290 e. The molecule has 128 valence electrons. The van der Waals surface area contributed by atoms with Crippen LogP contribution in [0.3, 0.4) is 0 Å². The molecule has 0 radical (unpaired) electrons. The first-order valence-electron chi connectivity index (χ1n) is 6.23. The third-order valence-electron chi connectivity index (χ3n) is 2.88. The van der Waals surface area contributed by atoms with Crippen LogP contribution in [0, 0.1) is 40.5 Å². The van der Waals surface area contributed by atoms with Crippen LogP contribution in [0.25, 0.3) is 0 Å². The van der Waals surface area contributed by atoms with Gasteiger partial charge in [-0.05, 0) is 6.07 Å². The fourth-order valence-corrected chi connectivity index (χ4v) is 2.80. The normalized spacial score (nSPS) is 10.2. The lowest BCUT2D eigenvalue weighted by Gasteiger charge is -2.03. The van der Waals surface area contributed by atoms with Crippen LogP contribution in [0.4, 0.5) is 22.7 Å². The zero-order chi connectivity index (χ0) is 18.7. The molecule has 0 aliphatic rings. The van der Waals surface area contributed by atoms with Crippen LogP contribution >= 0.6 is 11.8 Å². The van der Waals surface area contributed by atoms with Gasteiger partial charge in [0.25, 0.3) is 22.7 Å².